The van der Waals surface area contributed by atoms with Crippen LogP contribution in [0.25, 0.3) is 28.0 Å². The Kier molecular flexibility index (Phi) is 3.23. The lowest BCUT2D eigenvalue weighted by molar-refractivity contribution is 0.483. The van der Waals surface area contributed by atoms with Gasteiger partial charge < -0.3 is 5.11 Å². The van der Waals surface area contributed by atoms with E-state index in [9.17, 15) is 5.11 Å². The van der Waals surface area contributed by atoms with E-state index in [2.05, 4.69) is 50.3 Å². The van der Waals surface area contributed by atoms with Crippen molar-refractivity contribution in [3.8, 4) is 16.9 Å². The molecular weight excluding hydrogens is 280 g/mol. The second-order valence-electron chi connectivity index (χ2n) is 6.41. The van der Waals surface area contributed by atoms with Gasteiger partial charge in [-0.05, 0) is 66.0 Å². The molecule has 0 fully saturated rings. The Balaban J connectivity index is 2.09. The molecule has 4 rings (SSSR count). The number of aryl methyl sites for hydroxylation is 3. The first-order chi connectivity index (χ1) is 11.2. The Bertz CT molecular complexity index is 948. The van der Waals surface area contributed by atoms with E-state index in [1.54, 1.807) is 0 Å². The molecule has 0 amide bonds. The maximum Gasteiger partial charge on any atom is 0.131 e. The Labute approximate surface area is 136 Å². The molecule has 0 saturated heterocycles. The average molecular weight is 300 g/mol. The van der Waals surface area contributed by atoms with Gasteiger partial charge in [-0.1, -0.05) is 48.6 Å². The first-order valence-corrected chi connectivity index (χ1v) is 8.17. The van der Waals surface area contributed by atoms with Crippen LogP contribution in [0.5, 0.6) is 5.75 Å². The van der Waals surface area contributed by atoms with Crippen molar-refractivity contribution in [3.63, 3.8) is 0 Å². The van der Waals surface area contributed by atoms with Gasteiger partial charge in [0.2, 0.25) is 0 Å². The van der Waals surface area contributed by atoms with Crippen LogP contribution in [0.4, 0.5) is 0 Å². The molecule has 0 spiro atoms. The van der Waals surface area contributed by atoms with Crippen LogP contribution in [0.1, 0.15) is 28.7 Å². The Morgan fingerprint density at radius 3 is 2.52 bits per heavy atom. The molecule has 1 aliphatic rings. The lowest BCUT2D eigenvalue weighted by Crippen LogP contribution is -1.99. The number of fused-ring (bicyclic) bond motifs is 2. The SMILES string of the molecule is Cc1ccc2c(c1-c1cc(C)c3ccccc3c1O)C=CCC2. The second-order valence-corrected chi connectivity index (χ2v) is 6.41. The summed E-state index contributed by atoms with van der Waals surface area (Å²) in [6.07, 6.45) is 6.62. The largest absolute Gasteiger partial charge is 0.507 e. The summed E-state index contributed by atoms with van der Waals surface area (Å²) in [4.78, 5) is 0. The average Bonchev–Trinajstić information content (AvgIpc) is 2.58. The van der Waals surface area contributed by atoms with Crippen molar-refractivity contribution in [3.05, 3.63) is 70.8 Å². The van der Waals surface area contributed by atoms with E-state index in [0.717, 1.165) is 29.2 Å². The van der Waals surface area contributed by atoms with Crippen LogP contribution in [-0.4, -0.2) is 5.11 Å². The molecule has 0 unspecified atom stereocenters. The summed E-state index contributed by atoms with van der Waals surface area (Å²) < 4.78 is 0. The lowest BCUT2D eigenvalue weighted by Gasteiger charge is -2.20. The normalized spacial score (nSPS) is 13.3. The monoisotopic (exact) mass is 300 g/mol. The summed E-state index contributed by atoms with van der Waals surface area (Å²) in [5, 5.41) is 13.0. The van der Waals surface area contributed by atoms with Gasteiger partial charge in [-0.15, -0.1) is 0 Å². The van der Waals surface area contributed by atoms with E-state index >= 15 is 0 Å². The summed E-state index contributed by atoms with van der Waals surface area (Å²) in [6, 6.07) is 14.6. The number of benzene rings is 3. The third-order valence-electron chi connectivity index (χ3n) is 4.90. The lowest BCUT2D eigenvalue weighted by atomic mass is 9.85. The molecule has 0 aromatic heterocycles. The Morgan fingerprint density at radius 1 is 0.913 bits per heavy atom. The molecule has 3 aromatic carbocycles. The zero-order valence-electron chi connectivity index (χ0n) is 13.6. The molecule has 23 heavy (non-hydrogen) atoms. The highest BCUT2D eigenvalue weighted by Gasteiger charge is 2.18. The molecule has 0 radical (unpaired) electrons. The summed E-state index contributed by atoms with van der Waals surface area (Å²) in [6.45, 7) is 4.24. The van der Waals surface area contributed by atoms with Gasteiger partial charge in [-0.2, -0.15) is 0 Å². The minimum Gasteiger partial charge on any atom is -0.507 e. The summed E-state index contributed by atoms with van der Waals surface area (Å²) in [5.41, 5.74) is 7.16. The van der Waals surface area contributed by atoms with Gasteiger partial charge >= 0.3 is 0 Å². The third-order valence-corrected chi connectivity index (χ3v) is 4.90. The van der Waals surface area contributed by atoms with Crippen molar-refractivity contribution in [2.24, 2.45) is 0 Å². The number of allylic oxidation sites excluding steroid dienone is 1. The summed E-state index contributed by atoms with van der Waals surface area (Å²) >= 11 is 0. The van der Waals surface area contributed by atoms with E-state index in [1.165, 1.54) is 27.8 Å². The van der Waals surface area contributed by atoms with Gasteiger partial charge in [0.05, 0.1) is 0 Å². The zero-order valence-corrected chi connectivity index (χ0v) is 13.6. The molecule has 1 nitrogen and oxygen atoms in total. The third kappa shape index (κ3) is 2.16. The van der Waals surface area contributed by atoms with Crippen LogP contribution in [0, 0.1) is 13.8 Å². The first-order valence-electron chi connectivity index (χ1n) is 8.17. The van der Waals surface area contributed by atoms with Crippen LogP contribution < -0.4 is 0 Å². The van der Waals surface area contributed by atoms with Crippen LogP contribution in [0.2, 0.25) is 0 Å². The van der Waals surface area contributed by atoms with E-state index in [1.807, 2.05) is 18.2 Å². The molecule has 0 saturated carbocycles. The smallest absolute Gasteiger partial charge is 0.131 e. The van der Waals surface area contributed by atoms with Gasteiger partial charge in [0.15, 0.2) is 0 Å². The van der Waals surface area contributed by atoms with Crippen LogP contribution >= 0.6 is 0 Å². The summed E-state index contributed by atoms with van der Waals surface area (Å²) in [7, 11) is 0. The van der Waals surface area contributed by atoms with Gasteiger partial charge in [-0.25, -0.2) is 0 Å². The standard InChI is InChI=1S/C22H20O/c1-14-11-12-16-7-3-4-9-18(16)21(14)20-13-15(2)17-8-5-6-10-19(17)22(20)23/h4-6,8-13,23H,3,7H2,1-2H3. The van der Waals surface area contributed by atoms with E-state index < -0.39 is 0 Å². The number of aromatic hydroxyl groups is 1. The molecule has 1 heteroatoms. The van der Waals surface area contributed by atoms with Crippen molar-refractivity contribution < 1.29 is 5.11 Å². The maximum atomic E-state index is 10.9. The number of hydrogen-bond donors (Lipinski definition) is 1. The molecule has 1 aliphatic carbocycles. The summed E-state index contributed by atoms with van der Waals surface area (Å²) in [5.74, 6) is 0.390. The molecule has 0 bridgehead atoms. The molecule has 0 heterocycles. The Hall–Kier alpha value is -2.54. The number of phenols is 1. The van der Waals surface area contributed by atoms with Crippen molar-refractivity contribution in [1.29, 1.82) is 0 Å². The fourth-order valence-electron chi connectivity index (χ4n) is 3.71. The molecule has 1 N–H and O–H groups in total. The number of rotatable bonds is 1. The zero-order chi connectivity index (χ0) is 16.0. The molecular formula is C22H20O. The van der Waals surface area contributed by atoms with Crippen molar-refractivity contribution in [1.82, 2.24) is 0 Å². The van der Waals surface area contributed by atoms with Crippen molar-refractivity contribution in [2.45, 2.75) is 26.7 Å². The minimum absolute atomic E-state index is 0.390. The number of phenolic OH excluding ortho intramolecular Hbond substituents is 1. The van der Waals surface area contributed by atoms with E-state index in [4.69, 9.17) is 0 Å². The highest BCUT2D eigenvalue weighted by molar-refractivity contribution is 5.98. The predicted octanol–water partition coefficient (Wildman–Crippen LogP) is 5.79. The number of hydrogen-bond acceptors (Lipinski definition) is 1. The van der Waals surface area contributed by atoms with Gasteiger partial charge in [0.25, 0.3) is 0 Å². The predicted molar refractivity (Wildman–Crippen MR) is 97.9 cm³/mol. The molecule has 0 atom stereocenters. The topological polar surface area (TPSA) is 20.2 Å². The van der Waals surface area contributed by atoms with Crippen molar-refractivity contribution in [2.75, 3.05) is 0 Å². The fourth-order valence-corrected chi connectivity index (χ4v) is 3.71. The quantitative estimate of drug-likeness (QED) is 0.603. The van der Waals surface area contributed by atoms with Crippen LogP contribution in [-0.2, 0) is 6.42 Å². The van der Waals surface area contributed by atoms with E-state index in [0.29, 0.717) is 5.75 Å². The van der Waals surface area contributed by atoms with Gasteiger partial charge in [-0.3, -0.25) is 0 Å². The van der Waals surface area contributed by atoms with E-state index in [-0.39, 0.29) is 0 Å². The molecule has 0 aliphatic heterocycles. The maximum absolute atomic E-state index is 10.9. The minimum atomic E-state index is 0.390. The highest BCUT2D eigenvalue weighted by Crippen LogP contribution is 2.42. The van der Waals surface area contributed by atoms with Crippen LogP contribution in [0.3, 0.4) is 0 Å². The van der Waals surface area contributed by atoms with Crippen LogP contribution in [0.15, 0.2) is 48.5 Å². The van der Waals surface area contributed by atoms with Gasteiger partial charge in [0, 0.05) is 10.9 Å². The second kappa shape index (κ2) is 5.27. The highest BCUT2D eigenvalue weighted by atomic mass is 16.3. The molecule has 114 valence electrons. The molecule has 3 aromatic rings. The van der Waals surface area contributed by atoms with Gasteiger partial charge in [0.1, 0.15) is 5.75 Å². The fraction of sp³-hybridized carbons (Fsp3) is 0.182. The van der Waals surface area contributed by atoms with Crippen molar-refractivity contribution >= 4 is 16.8 Å². The Morgan fingerprint density at radius 2 is 1.70 bits per heavy atom. The first kappa shape index (κ1) is 14.1.